The summed E-state index contributed by atoms with van der Waals surface area (Å²) in [6, 6.07) is 6.41. The van der Waals surface area contributed by atoms with Crippen molar-refractivity contribution < 1.29 is 24.2 Å². The number of nitrogens with zero attached hydrogens (tertiary/aromatic N) is 1. The second kappa shape index (κ2) is 8.11. The second-order valence-corrected chi connectivity index (χ2v) is 6.55. The molecule has 0 radical (unpaired) electrons. The summed E-state index contributed by atoms with van der Waals surface area (Å²) in [6.07, 6.45) is -1.03. The summed E-state index contributed by atoms with van der Waals surface area (Å²) in [5, 5.41) is 11.9. The molecule has 2 atom stereocenters. The van der Waals surface area contributed by atoms with Crippen molar-refractivity contribution in [2.24, 2.45) is 5.92 Å². The van der Waals surface area contributed by atoms with E-state index in [1.165, 1.54) is 4.90 Å². The van der Waals surface area contributed by atoms with Crippen molar-refractivity contribution in [1.82, 2.24) is 10.2 Å². The van der Waals surface area contributed by atoms with Gasteiger partial charge in [0.15, 0.2) is 6.10 Å². The number of carboxylic acids is 1. The molecule has 1 heterocycles. The van der Waals surface area contributed by atoms with E-state index in [4.69, 9.17) is 9.84 Å². The molecule has 7 nitrogen and oxygen atoms in total. The van der Waals surface area contributed by atoms with Crippen LogP contribution >= 0.6 is 0 Å². The number of amides is 2. The number of hydrogen-bond acceptors (Lipinski definition) is 4. The Labute approximate surface area is 147 Å². The maximum atomic E-state index is 12.8. The van der Waals surface area contributed by atoms with Gasteiger partial charge >= 0.3 is 5.97 Å². The molecule has 2 amide bonds. The minimum Gasteiger partial charge on any atom is -0.479 e. The molecule has 0 aromatic heterocycles. The zero-order valence-electron chi connectivity index (χ0n) is 14.7. The minimum absolute atomic E-state index is 0.0162. The van der Waals surface area contributed by atoms with Crippen LogP contribution in [-0.2, 0) is 14.3 Å². The number of carbonyl (C=O) groups is 3. The number of hydrogen-bond donors (Lipinski definition) is 2. The van der Waals surface area contributed by atoms with Gasteiger partial charge in [-0.1, -0.05) is 31.5 Å². The fourth-order valence-electron chi connectivity index (χ4n) is 2.72. The van der Waals surface area contributed by atoms with Crippen LogP contribution in [0, 0.1) is 12.8 Å². The summed E-state index contributed by atoms with van der Waals surface area (Å²) in [6.45, 7) is 6.03. The monoisotopic (exact) mass is 348 g/mol. The Kier molecular flexibility index (Phi) is 6.14. The van der Waals surface area contributed by atoms with Crippen LogP contribution in [0.5, 0.6) is 0 Å². The number of rotatable bonds is 5. The largest absolute Gasteiger partial charge is 0.479 e. The number of carboxylic acid groups (broad SMARTS) is 1. The molecule has 25 heavy (non-hydrogen) atoms. The average molecular weight is 348 g/mol. The predicted molar refractivity (Wildman–Crippen MR) is 91.2 cm³/mol. The lowest BCUT2D eigenvalue weighted by Gasteiger charge is -2.34. The lowest BCUT2D eigenvalue weighted by molar-refractivity contribution is -0.160. The molecule has 2 N–H and O–H groups in total. The van der Waals surface area contributed by atoms with Crippen molar-refractivity contribution in [1.29, 1.82) is 0 Å². The highest BCUT2D eigenvalue weighted by Crippen LogP contribution is 2.13. The zero-order chi connectivity index (χ0) is 18.6. The first-order chi connectivity index (χ1) is 11.8. The van der Waals surface area contributed by atoms with Crippen molar-refractivity contribution >= 4 is 17.8 Å². The van der Waals surface area contributed by atoms with Gasteiger partial charge in [-0.2, -0.15) is 0 Å². The fraction of sp³-hybridized carbons (Fsp3) is 0.500. The van der Waals surface area contributed by atoms with E-state index in [2.05, 4.69) is 5.32 Å². The molecule has 1 aliphatic heterocycles. The van der Waals surface area contributed by atoms with Crippen LogP contribution in [0.4, 0.5) is 0 Å². The van der Waals surface area contributed by atoms with E-state index in [-0.39, 0.29) is 30.9 Å². The number of morpholine rings is 1. The quantitative estimate of drug-likeness (QED) is 0.829. The third-order valence-corrected chi connectivity index (χ3v) is 4.15. The lowest BCUT2D eigenvalue weighted by atomic mass is 10.0. The van der Waals surface area contributed by atoms with Gasteiger partial charge < -0.3 is 20.1 Å². The van der Waals surface area contributed by atoms with Crippen molar-refractivity contribution in [2.75, 3.05) is 19.7 Å². The second-order valence-electron chi connectivity index (χ2n) is 6.55. The first-order valence-corrected chi connectivity index (χ1v) is 8.30. The first kappa shape index (κ1) is 18.9. The minimum atomic E-state index is -1.10. The molecule has 0 spiro atoms. The Morgan fingerprint density at radius 1 is 1.32 bits per heavy atom. The lowest BCUT2D eigenvalue weighted by Crippen LogP contribution is -2.56. The van der Waals surface area contributed by atoms with Crippen LogP contribution in [0.15, 0.2) is 24.3 Å². The summed E-state index contributed by atoms with van der Waals surface area (Å²) in [5.74, 6) is -1.83. The van der Waals surface area contributed by atoms with E-state index in [0.717, 1.165) is 5.56 Å². The van der Waals surface area contributed by atoms with Gasteiger partial charge in [0.05, 0.1) is 13.2 Å². The molecule has 2 unspecified atom stereocenters. The predicted octanol–water partition coefficient (Wildman–Crippen LogP) is 1.06. The number of nitrogens with one attached hydrogen (secondary N) is 1. The summed E-state index contributed by atoms with van der Waals surface area (Å²) in [5.41, 5.74) is 1.45. The van der Waals surface area contributed by atoms with E-state index in [9.17, 15) is 14.4 Å². The molecule has 1 aromatic rings. The molecular weight excluding hydrogens is 324 g/mol. The van der Waals surface area contributed by atoms with Gasteiger partial charge in [0.1, 0.15) is 6.04 Å². The van der Waals surface area contributed by atoms with Crippen molar-refractivity contribution in [3.63, 3.8) is 0 Å². The summed E-state index contributed by atoms with van der Waals surface area (Å²) in [7, 11) is 0. The van der Waals surface area contributed by atoms with Gasteiger partial charge in [-0.05, 0) is 25.0 Å². The highest BCUT2D eigenvalue weighted by molar-refractivity contribution is 5.97. The van der Waals surface area contributed by atoms with Crippen LogP contribution in [-0.4, -0.2) is 59.6 Å². The molecule has 0 aliphatic carbocycles. The molecule has 0 saturated carbocycles. The third-order valence-electron chi connectivity index (χ3n) is 4.15. The Morgan fingerprint density at radius 3 is 2.64 bits per heavy atom. The van der Waals surface area contributed by atoms with Crippen molar-refractivity contribution in [2.45, 2.75) is 32.9 Å². The Hall–Kier alpha value is -2.41. The number of aryl methyl sites for hydroxylation is 1. The SMILES string of the molecule is Cc1cccc(C(=O)NC(C(=O)N2CCOC(C(=O)O)C2)C(C)C)c1. The Bertz CT molecular complexity index is 659. The Balaban J connectivity index is 2.10. The Morgan fingerprint density at radius 2 is 2.04 bits per heavy atom. The molecule has 136 valence electrons. The maximum Gasteiger partial charge on any atom is 0.334 e. The smallest absolute Gasteiger partial charge is 0.334 e. The zero-order valence-corrected chi connectivity index (χ0v) is 14.7. The van der Waals surface area contributed by atoms with Crippen LogP contribution in [0.25, 0.3) is 0 Å². The van der Waals surface area contributed by atoms with Crippen LogP contribution in [0.1, 0.15) is 29.8 Å². The maximum absolute atomic E-state index is 12.8. The summed E-state index contributed by atoms with van der Waals surface area (Å²) in [4.78, 5) is 37.8. The highest BCUT2D eigenvalue weighted by atomic mass is 16.5. The molecule has 1 saturated heterocycles. The number of aliphatic carboxylic acids is 1. The molecule has 1 aliphatic rings. The third kappa shape index (κ3) is 4.79. The topological polar surface area (TPSA) is 95.9 Å². The standard InChI is InChI=1S/C18H24N2O5/c1-11(2)15(19-16(21)13-6-4-5-12(3)9-13)17(22)20-7-8-25-14(10-20)18(23)24/h4-6,9,11,14-15H,7-8,10H2,1-3H3,(H,19,21)(H,23,24). The number of ether oxygens (including phenoxy) is 1. The molecule has 7 heteroatoms. The van der Waals surface area contributed by atoms with Gasteiger partial charge in [-0.3, -0.25) is 9.59 Å². The van der Waals surface area contributed by atoms with Crippen molar-refractivity contribution in [3.05, 3.63) is 35.4 Å². The number of benzene rings is 1. The van der Waals surface area contributed by atoms with Gasteiger partial charge in [-0.15, -0.1) is 0 Å². The van der Waals surface area contributed by atoms with E-state index < -0.39 is 18.1 Å². The normalized spacial score (nSPS) is 18.7. The number of carbonyl (C=O) groups excluding carboxylic acids is 2. The summed E-state index contributed by atoms with van der Waals surface area (Å²) < 4.78 is 5.14. The van der Waals surface area contributed by atoms with Crippen molar-refractivity contribution in [3.8, 4) is 0 Å². The first-order valence-electron chi connectivity index (χ1n) is 8.30. The van der Waals surface area contributed by atoms with Crippen LogP contribution < -0.4 is 5.32 Å². The molecular formula is C18H24N2O5. The van der Waals surface area contributed by atoms with Crippen LogP contribution in [0.2, 0.25) is 0 Å². The van der Waals surface area contributed by atoms with Gasteiger partial charge in [0.2, 0.25) is 5.91 Å². The molecule has 2 rings (SSSR count). The van der Waals surface area contributed by atoms with E-state index >= 15 is 0 Å². The summed E-state index contributed by atoms with van der Waals surface area (Å²) >= 11 is 0. The van der Waals surface area contributed by atoms with E-state index in [1.807, 2.05) is 26.8 Å². The van der Waals surface area contributed by atoms with Gasteiger partial charge in [-0.25, -0.2) is 4.79 Å². The van der Waals surface area contributed by atoms with Gasteiger partial charge in [0, 0.05) is 12.1 Å². The fourth-order valence-corrected chi connectivity index (χ4v) is 2.72. The van der Waals surface area contributed by atoms with Gasteiger partial charge in [0.25, 0.3) is 5.91 Å². The van der Waals surface area contributed by atoms with E-state index in [0.29, 0.717) is 12.1 Å². The van der Waals surface area contributed by atoms with Crippen LogP contribution in [0.3, 0.4) is 0 Å². The molecule has 0 bridgehead atoms. The highest BCUT2D eigenvalue weighted by Gasteiger charge is 2.34. The van der Waals surface area contributed by atoms with E-state index in [1.54, 1.807) is 18.2 Å². The molecule has 1 fully saturated rings. The molecule has 1 aromatic carbocycles. The average Bonchev–Trinajstić information content (AvgIpc) is 2.58.